The molecule has 0 unspecified atom stereocenters. The third kappa shape index (κ3) is 5.88. The standard InChI is InChI=1S/C25H33N3O2S2/c1-30-24(29)22-20-11-7-2-3-8-12-21(20)32-23(22)27-25(31)26-19-13-15-28(16-14-19)17-18-9-5-4-6-10-18/h4-6,9-10,19H,2-3,7-8,11-17H2,1H3,(H2,26,27,31). The van der Waals surface area contributed by atoms with Crippen molar-refractivity contribution < 1.29 is 9.53 Å². The number of thiophene rings is 1. The summed E-state index contributed by atoms with van der Waals surface area (Å²) >= 11 is 7.32. The van der Waals surface area contributed by atoms with E-state index in [-0.39, 0.29) is 5.97 Å². The third-order valence-electron chi connectivity index (χ3n) is 6.46. The number of carbonyl (C=O) groups is 1. The van der Waals surface area contributed by atoms with E-state index in [9.17, 15) is 4.79 Å². The molecule has 0 amide bonds. The van der Waals surface area contributed by atoms with E-state index in [2.05, 4.69) is 45.9 Å². The molecule has 1 aromatic carbocycles. The van der Waals surface area contributed by atoms with Crippen molar-refractivity contribution in [1.29, 1.82) is 0 Å². The molecule has 32 heavy (non-hydrogen) atoms. The minimum absolute atomic E-state index is 0.261. The zero-order chi connectivity index (χ0) is 22.3. The summed E-state index contributed by atoms with van der Waals surface area (Å²) < 4.78 is 5.12. The van der Waals surface area contributed by atoms with Crippen molar-refractivity contribution in [3.8, 4) is 0 Å². The van der Waals surface area contributed by atoms with E-state index in [1.54, 1.807) is 11.3 Å². The molecule has 7 heteroatoms. The van der Waals surface area contributed by atoms with Gasteiger partial charge in [0.25, 0.3) is 0 Å². The van der Waals surface area contributed by atoms with Crippen LogP contribution in [0.4, 0.5) is 5.00 Å². The number of esters is 1. The fraction of sp³-hybridized carbons (Fsp3) is 0.520. The Morgan fingerprint density at radius 2 is 1.84 bits per heavy atom. The number of ether oxygens (including phenoxy) is 1. The van der Waals surface area contributed by atoms with Crippen LogP contribution in [0.25, 0.3) is 0 Å². The fourth-order valence-corrected chi connectivity index (χ4v) is 6.34. The second-order valence-corrected chi connectivity index (χ2v) is 10.3. The lowest BCUT2D eigenvalue weighted by Crippen LogP contribution is -2.45. The molecular formula is C25H33N3O2S2. The van der Waals surface area contributed by atoms with Crippen LogP contribution in [-0.4, -0.2) is 42.2 Å². The van der Waals surface area contributed by atoms with Gasteiger partial charge in [0.2, 0.25) is 0 Å². The van der Waals surface area contributed by atoms with E-state index in [4.69, 9.17) is 17.0 Å². The number of thiocarbonyl (C=S) groups is 1. The highest BCUT2D eigenvalue weighted by molar-refractivity contribution is 7.80. The van der Waals surface area contributed by atoms with Crippen molar-refractivity contribution in [2.45, 2.75) is 64.0 Å². The Balaban J connectivity index is 1.35. The summed E-state index contributed by atoms with van der Waals surface area (Å²) in [4.78, 5) is 16.4. The van der Waals surface area contributed by atoms with E-state index < -0.39 is 0 Å². The molecule has 0 radical (unpaired) electrons. The van der Waals surface area contributed by atoms with Gasteiger partial charge in [-0.05, 0) is 61.9 Å². The van der Waals surface area contributed by atoms with Gasteiger partial charge in [-0.3, -0.25) is 4.90 Å². The Morgan fingerprint density at radius 1 is 1.12 bits per heavy atom. The number of carbonyl (C=O) groups excluding carboxylic acids is 1. The molecule has 2 aromatic rings. The number of benzene rings is 1. The summed E-state index contributed by atoms with van der Waals surface area (Å²) in [6, 6.07) is 11.0. The number of piperidine rings is 1. The van der Waals surface area contributed by atoms with Crippen LogP contribution in [0, 0.1) is 0 Å². The highest BCUT2D eigenvalue weighted by Crippen LogP contribution is 2.37. The van der Waals surface area contributed by atoms with Crippen LogP contribution in [0.3, 0.4) is 0 Å². The highest BCUT2D eigenvalue weighted by Gasteiger charge is 2.26. The van der Waals surface area contributed by atoms with Crippen molar-refractivity contribution >= 4 is 39.6 Å². The Morgan fingerprint density at radius 3 is 2.56 bits per heavy atom. The average Bonchev–Trinajstić information content (AvgIpc) is 3.11. The molecule has 0 bridgehead atoms. The number of nitrogens with zero attached hydrogens (tertiary/aromatic N) is 1. The molecule has 2 aliphatic rings. The van der Waals surface area contributed by atoms with Crippen molar-refractivity contribution in [3.05, 3.63) is 51.9 Å². The maximum atomic E-state index is 12.6. The van der Waals surface area contributed by atoms with Crippen LogP contribution < -0.4 is 10.6 Å². The Kier molecular flexibility index (Phi) is 8.16. The molecule has 5 nitrogen and oxygen atoms in total. The van der Waals surface area contributed by atoms with Crippen LogP contribution in [0.15, 0.2) is 30.3 Å². The maximum Gasteiger partial charge on any atom is 0.341 e. The largest absolute Gasteiger partial charge is 0.465 e. The minimum atomic E-state index is -0.261. The summed E-state index contributed by atoms with van der Waals surface area (Å²) in [5, 5.41) is 8.27. The number of nitrogens with one attached hydrogen (secondary N) is 2. The number of hydrogen-bond acceptors (Lipinski definition) is 5. The quantitative estimate of drug-likeness (QED) is 0.465. The van der Waals surface area contributed by atoms with Crippen molar-refractivity contribution in [3.63, 3.8) is 0 Å². The molecule has 0 atom stereocenters. The normalized spacial score (nSPS) is 17.7. The summed E-state index contributed by atoms with van der Waals surface area (Å²) in [6.45, 7) is 3.10. The first kappa shape index (κ1) is 23.2. The monoisotopic (exact) mass is 471 g/mol. The summed E-state index contributed by atoms with van der Waals surface area (Å²) in [5.41, 5.74) is 3.22. The Labute approximate surface area is 200 Å². The first-order chi connectivity index (χ1) is 15.6. The minimum Gasteiger partial charge on any atom is -0.465 e. The van der Waals surface area contributed by atoms with Crippen LogP contribution in [-0.2, 0) is 24.1 Å². The average molecular weight is 472 g/mol. The van der Waals surface area contributed by atoms with E-state index in [0.717, 1.165) is 56.7 Å². The van der Waals surface area contributed by atoms with Gasteiger partial charge >= 0.3 is 5.97 Å². The van der Waals surface area contributed by atoms with Gasteiger partial charge in [0.05, 0.1) is 12.7 Å². The van der Waals surface area contributed by atoms with Gasteiger partial charge in [0, 0.05) is 30.6 Å². The zero-order valence-electron chi connectivity index (χ0n) is 18.8. The molecule has 1 aliphatic carbocycles. The summed E-state index contributed by atoms with van der Waals surface area (Å²) in [7, 11) is 1.46. The van der Waals surface area contributed by atoms with Crippen molar-refractivity contribution in [2.24, 2.45) is 0 Å². The first-order valence-electron chi connectivity index (χ1n) is 11.7. The van der Waals surface area contributed by atoms with Crippen molar-refractivity contribution in [2.75, 3.05) is 25.5 Å². The molecule has 0 spiro atoms. The van der Waals surface area contributed by atoms with E-state index in [1.165, 1.54) is 42.4 Å². The molecule has 1 saturated heterocycles. The van der Waals surface area contributed by atoms with E-state index in [0.29, 0.717) is 16.7 Å². The number of hydrogen-bond donors (Lipinski definition) is 2. The molecule has 2 N–H and O–H groups in total. The summed E-state index contributed by atoms with van der Waals surface area (Å²) in [5.74, 6) is -0.261. The van der Waals surface area contributed by atoms with Gasteiger partial charge in [-0.15, -0.1) is 11.3 Å². The maximum absolute atomic E-state index is 12.6. The lowest BCUT2D eigenvalue weighted by Gasteiger charge is -2.33. The number of aryl methyl sites for hydroxylation is 1. The predicted octanol–water partition coefficient (Wildman–Crippen LogP) is 5.14. The van der Waals surface area contributed by atoms with Gasteiger partial charge < -0.3 is 15.4 Å². The van der Waals surface area contributed by atoms with Crippen LogP contribution >= 0.6 is 23.6 Å². The molecule has 1 aromatic heterocycles. The summed E-state index contributed by atoms with van der Waals surface area (Å²) in [6.07, 6.45) is 8.87. The molecule has 0 saturated carbocycles. The van der Waals surface area contributed by atoms with E-state index >= 15 is 0 Å². The topological polar surface area (TPSA) is 53.6 Å². The highest BCUT2D eigenvalue weighted by atomic mass is 32.1. The van der Waals surface area contributed by atoms with Crippen molar-refractivity contribution in [1.82, 2.24) is 10.2 Å². The molecule has 1 aliphatic heterocycles. The van der Waals surface area contributed by atoms with Crippen LogP contribution in [0.1, 0.15) is 64.9 Å². The van der Waals surface area contributed by atoms with Crippen LogP contribution in [0.2, 0.25) is 0 Å². The zero-order valence-corrected chi connectivity index (χ0v) is 20.5. The Bertz CT molecular complexity index is 921. The van der Waals surface area contributed by atoms with Gasteiger partial charge in [-0.1, -0.05) is 43.2 Å². The molecule has 4 rings (SSSR count). The third-order valence-corrected chi connectivity index (χ3v) is 7.89. The molecular weight excluding hydrogens is 438 g/mol. The fourth-order valence-electron chi connectivity index (χ4n) is 4.73. The molecule has 1 fully saturated rings. The lowest BCUT2D eigenvalue weighted by molar-refractivity contribution is 0.0601. The van der Waals surface area contributed by atoms with Gasteiger partial charge in [0.1, 0.15) is 5.00 Å². The molecule has 2 heterocycles. The number of fused-ring (bicyclic) bond motifs is 1. The number of methoxy groups -OCH3 is 1. The number of anilines is 1. The number of rotatable bonds is 5. The second-order valence-electron chi connectivity index (χ2n) is 8.75. The Hall–Kier alpha value is -1.96. The number of likely N-dealkylation sites (tertiary alicyclic amines) is 1. The van der Waals surface area contributed by atoms with Gasteiger partial charge in [0.15, 0.2) is 5.11 Å². The predicted molar refractivity (Wildman–Crippen MR) is 136 cm³/mol. The van der Waals surface area contributed by atoms with Gasteiger partial charge in [-0.2, -0.15) is 0 Å². The lowest BCUT2D eigenvalue weighted by atomic mass is 9.96. The SMILES string of the molecule is COC(=O)c1c(NC(=S)NC2CCN(Cc3ccccc3)CC2)sc2c1CCCCCC2. The van der Waals surface area contributed by atoms with E-state index in [1.807, 2.05) is 0 Å². The first-order valence-corrected chi connectivity index (χ1v) is 12.9. The smallest absolute Gasteiger partial charge is 0.341 e. The molecule has 172 valence electrons. The van der Waals surface area contributed by atoms with Crippen LogP contribution in [0.5, 0.6) is 0 Å². The second kappa shape index (κ2) is 11.3. The van der Waals surface area contributed by atoms with Gasteiger partial charge in [-0.25, -0.2) is 4.79 Å².